The maximum Gasteiger partial charge on any atom is 0.426 e. The molecule has 4 rings (SSSR count). The summed E-state index contributed by atoms with van der Waals surface area (Å²) in [5.41, 5.74) is -3.30. The van der Waals surface area contributed by atoms with E-state index in [1.54, 1.807) is 12.1 Å². The minimum Gasteiger partial charge on any atom is -0.429 e. The lowest BCUT2D eigenvalue weighted by Gasteiger charge is -2.26. The standard InChI is InChI=1S/C29H26F8O/c1-17-2-4-18(5-3-17)6-7-19-8-11-22(12-9-19)38-29(36,37)21-15-25(31)27(26(32)16-21)20-10-13-23(24(30)14-20)28(33,34)35/h8-18H,2-7H2,1H3. The highest BCUT2D eigenvalue weighted by atomic mass is 19.4. The molecule has 1 fully saturated rings. The Hall–Kier alpha value is -3.10. The number of halogens is 8. The third-order valence-corrected chi connectivity index (χ3v) is 7.09. The van der Waals surface area contributed by atoms with E-state index in [0.717, 1.165) is 24.3 Å². The van der Waals surface area contributed by atoms with Gasteiger partial charge in [0.25, 0.3) is 0 Å². The molecule has 0 spiro atoms. The van der Waals surface area contributed by atoms with Gasteiger partial charge in [0.1, 0.15) is 23.2 Å². The predicted octanol–water partition coefficient (Wildman–Crippen LogP) is 9.68. The summed E-state index contributed by atoms with van der Waals surface area (Å²) in [6.45, 7) is 2.25. The fraction of sp³-hybridized carbons (Fsp3) is 0.379. The van der Waals surface area contributed by atoms with Crippen LogP contribution >= 0.6 is 0 Å². The zero-order valence-electron chi connectivity index (χ0n) is 20.5. The topological polar surface area (TPSA) is 9.23 Å². The Morgan fingerprint density at radius 1 is 0.763 bits per heavy atom. The Balaban J connectivity index is 1.46. The summed E-state index contributed by atoms with van der Waals surface area (Å²) in [6, 6.07) is 7.97. The number of hydrogen-bond acceptors (Lipinski definition) is 1. The summed E-state index contributed by atoms with van der Waals surface area (Å²) >= 11 is 0. The van der Waals surface area contributed by atoms with E-state index in [0.29, 0.717) is 36.2 Å². The fourth-order valence-electron chi connectivity index (χ4n) is 4.84. The van der Waals surface area contributed by atoms with Crippen LogP contribution in [0.1, 0.15) is 55.7 Å². The Morgan fingerprint density at radius 3 is 1.92 bits per heavy atom. The van der Waals surface area contributed by atoms with Gasteiger partial charge < -0.3 is 4.74 Å². The van der Waals surface area contributed by atoms with Crippen LogP contribution in [-0.4, -0.2) is 0 Å². The molecule has 0 N–H and O–H groups in total. The van der Waals surface area contributed by atoms with Crippen LogP contribution in [0.25, 0.3) is 11.1 Å². The Labute approximate surface area is 215 Å². The van der Waals surface area contributed by atoms with Gasteiger partial charge in [0.2, 0.25) is 0 Å². The van der Waals surface area contributed by atoms with Crippen molar-refractivity contribution in [3.05, 3.63) is 88.7 Å². The third kappa shape index (κ3) is 6.48. The van der Waals surface area contributed by atoms with Crippen LogP contribution in [0.5, 0.6) is 5.75 Å². The molecule has 3 aromatic rings. The van der Waals surface area contributed by atoms with Crippen molar-refractivity contribution in [2.75, 3.05) is 0 Å². The Bertz CT molecular complexity index is 1240. The van der Waals surface area contributed by atoms with Crippen molar-refractivity contribution in [2.45, 2.75) is 57.7 Å². The van der Waals surface area contributed by atoms with E-state index >= 15 is 0 Å². The number of alkyl halides is 5. The molecule has 9 heteroatoms. The lowest BCUT2D eigenvalue weighted by atomic mass is 9.80. The second-order valence-electron chi connectivity index (χ2n) is 9.93. The fourth-order valence-corrected chi connectivity index (χ4v) is 4.84. The molecular weight excluding hydrogens is 516 g/mol. The number of hydrogen-bond donors (Lipinski definition) is 0. The van der Waals surface area contributed by atoms with E-state index < -0.39 is 52.0 Å². The van der Waals surface area contributed by atoms with Gasteiger partial charge in [-0.2, -0.15) is 22.0 Å². The van der Waals surface area contributed by atoms with Crippen LogP contribution in [0.3, 0.4) is 0 Å². The van der Waals surface area contributed by atoms with Crippen LogP contribution in [0.2, 0.25) is 0 Å². The van der Waals surface area contributed by atoms with Gasteiger partial charge in [-0.15, -0.1) is 0 Å². The van der Waals surface area contributed by atoms with E-state index in [9.17, 15) is 35.1 Å². The summed E-state index contributed by atoms with van der Waals surface area (Å²) in [6.07, 6.45) is -2.50. The molecule has 3 aromatic carbocycles. The van der Waals surface area contributed by atoms with E-state index in [1.165, 1.54) is 37.8 Å². The van der Waals surface area contributed by atoms with Gasteiger partial charge in [0.05, 0.1) is 16.7 Å². The van der Waals surface area contributed by atoms with Crippen molar-refractivity contribution in [1.82, 2.24) is 0 Å². The maximum absolute atomic E-state index is 14.8. The number of rotatable bonds is 7. The highest BCUT2D eigenvalue weighted by Crippen LogP contribution is 2.38. The molecule has 0 aromatic heterocycles. The maximum atomic E-state index is 14.8. The first kappa shape index (κ1) is 27.9. The van der Waals surface area contributed by atoms with Crippen LogP contribution in [0.4, 0.5) is 35.1 Å². The molecule has 0 amide bonds. The molecule has 204 valence electrons. The van der Waals surface area contributed by atoms with Crippen molar-refractivity contribution < 1.29 is 39.9 Å². The van der Waals surface area contributed by atoms with Gasteiger partial charge in [-0.3, -0.25) is 0 Å². The van der Waals surface area contributed by atoms with E-state index in [2.05, 4.69) is 6.92 Å². The SMILES string of the molecule is CC1CCC(CCc2ccc(OC(F)(F)c3cc(F)c(-c4ccc(C(F)(F)F)c(F)c4)c(F)c3)cc2)CC1. The van der Waals surface area contributed by atoms with E-state index in [1.807, 2.05) is 0 Å². The lowest BCUT2D eigenvalue weighted by molar-refractivity contribution is -0.185. The summed E-state index contributed by atoms with van der Waals surface area (Å²) in [5.74, 6) is -3.55. The van der Waals surface area contributed by atoms with Crippen LogP contribution in [0.15, 0.2) is 54.6 Å². The van der Waals surface area contributed by atoms with Crippen molar-refractivity contribution >= 4 is 0 Å². The molecule has 0 saturated heterocycles. The lowest BCUT2D eigenvalue weighted by Crippen LogP contribution is -2.22. The number of aryl methyl sites for hydroxylation is 1. The first-order valence-electron chi connectivity index (χ1n) is 12.4. The first-order valence-corrected chi connectivity index (χ1v) is 12.4. The minimum atomic E-state index is -5.00. The monoisotopic (exact) mass is 542 g/mol. The van der Waals surface area contributed by atoms with Crippen molar-refractivity contribution in [3.8, 4) is 16.9 Å². The zero-order valence-corrected chi connectivity index (χ0v) is 20.5. The van der Waals surface area contributed by atoms with Crippen molar-refractivity contribution in [2.24, 2.45) is 11.8 Å². The molecule has 0 atom stereocenters. The molecule has 0 bridgehead atoms. The highest BCUT2D eigenvalue weighted by Gasteiger charge is 2.37. The summed E-state index contributed by atoms with van der Waals surface area (Å²) in [4.78, 5) is 0. The molecule has 0 heterocycles. The minimum absolute atomic E-state index is 0.208. The second-order valence-corrected chi connectivity index (χ2v) is 9.93. The molecule has 1 aliphatic carbocycles. The Morgan fingerprint density at radius 2 is 1.37 bits per heavy atom. The number of benzene rings is 3. The normalized spacial score (nSPS) is 18.4. The van der Waals surface area contributed by atoms with Crippen LogP contribution in [0, 0.1) is 29.3 Å². The quantitative estimate of drug-likeness (QED) is 0.270. The number of ether oxygens (including phenoxy) is 1. The largest absolute Gasteiger partial charge is 0.429 e. The second kappa shape index (κ2) is 10.9. The van der Waals surface area contributed by atoms with Gasteiger partial charge >= 0.3 is 12.3 Å². The molecule has 1 aliphatic rings. The van der Waals surface area contributed by atoms with Gasteiger partial charge in [-0.25, -0.2) is 13.2 Å². The van der Waals surface area contributed by atoms with Crippen molar-refractivity contribution in [3.63, 3.8) is 0 Å². The van der Waals surface area contributed by atoms with Crippen molar-refractivity contribution in [1.29, 1.82) is 0 Å². The average molecular weight is 543 g/mol. The molecule has 38 heavy (non-hydrogen) atoms. The van der Waals surface area contributed by atoms with Gasteiger partial charge in [-0.1, -0.05) is 50.8 Å². The van der Waals surface area contributed by atoms with E-state index in [-0.39, 0.29) is 5.75 Å². The highest BCUT2D eigenvalue weighted by molar-refractivity contribution is 5.66. The third-order valence-electron chi connectivity index (χ3n) is 7.09. The molecule has 0 aliphatic heterocycles. The van der Waals surface area contributed by atoms with Gasteiger partial charge in [-0.05, 0) is 72.2 Å². The van der Waals surface area contributed by atoms with Crippen LogP contribution < -0.4 is 4.74 Å². The molecule has 0 unspecified atom stereocenters. The molecule has 0 radical (unpaired) electrons. The smallest absolute Gasteiger partial charge is 0.426 e. The average Bonchev–Trinajstić information content (AvgIpc) is 2.83. The predicted molar refractivity (Wildman–Crippen MR) is 127 cm³/mol. The first-order chi connectivity index (χ1) is 17.8. The van der Waals surface area contributed by atoms with Gasteiger partial charge in [0, 0.05) is 0 Å². The summed E-state index contributed by atoms with van der Waals surface area (Å²) in [7, 11) is 0. The summed E-state index contributed by atoms with van der Waals surface area (Å²) in [5, 5.41) is 0. The van der Waals surface area contributed by atoms with Crippen LogP contribution in [-0.2, 0) is 18.7 Å². The molecule has 1 saturated carbocycles. The molecule has 1 nitrogen and oxygen atoms in total. The molecular formula is C29H26F8O. The summed E-state index contributed by atoms with van der Waals surface area (Å²) < 4.78 is 116. The van der Waals surface area contributed by atoms with E-state index in [4.69, 9.17) is 4.74 Å². The van der Waals surface area contributed by atoms with Gasteiger partial charge in [0.15, 0.2) is 0 Å². The Kier molecular flexibility index (Phi) is 8.04. The zero-order chi connectivity index (χ0) is 27.7.